The molecule has 2 heterocycles. The fourth-order valence-electron chi connectivity index (χ4n) is 4.78. The third kappa shape index (κ3) is 5.76. The molecule has 2 aliphatic rings. The first-order valence-electron chi connectivity index (χ1n) is 11.5. The van der Waals surface area contributed by atoms with E-state index in [0.717, 1.165) is 42.6 Å². The van der Waals surface area contributed by atoms with Gasteiger partial charge in [0.2, 0.25) is 0 Å². The molecule has 0 unspecified atom stereocenters. The number of likely N-dealkylation sites (tertiary alicyclic amines) is 1. The molecule has 1 aromatic carbocycles. The molecule has 1 aliphatic carbocycles. The number of nitrogens with one attached hydrogen (secondary N) is 1. The van der Waals surface area contributed by atoms with E-state index < -0.39 is 0 Å². The Morgan fingerprint density at radius 1 is 1.13 bits per heavy atom. The first kappa shape index (κ1) is 21.6. The van der Waals surface area contributed by atoms with Crippen molar-refractivity contribution < 1.29 is 9.53 Å². The smallest absolute Gasteiger partial charge is 0.259 e. The highest BCUT2D eigenvalue weighted by Gasteiger charge is 2.25. The van der Waals surface area contributed by atoms with Crippen molar-refractivity contribution in [3.8, 4) is 5.75 Å². The highest BCUT2D eigenvalue weighted by atomic mass is 16.5. The summed E-state index contributed by atoms with van der Waals surface area (Å²) in [5, 5.41) is 7.61. The molecule has 2 aromatic rings. The van der Waals surface area contributed by atoms with Gasteiger partial charge in [0, 0.05) is 25.5 Å². The minimum atomic E-state index is -0.101. The third-order valence-corrected chi connectivity index (χ3v) is 6.58. The van der Waals surface area contributed by atoms with E-state index in [1.165, 1.54) is 38.6 Å². The number of nitrogens with zero attached hydrogens (tertiary/aromatic N) is 3. The lowest BCUT2D eigenvalue weighted by Gasteiger charge is -2.34. The fraction of sp³-hybridized carbons (Fsp3) is 0.520. The predicted octanol–water partition coefficient (Wildman–Crippen LogP) is 4.29. The minimum Gasteiger partial charge on any atom is -0.497 e. The number of allylic oxidation sites excluding steroid dienone is 2. The Hall–Kier alpha value is -2.60. The van der Waals surface area contributed by atoms with Crippen molar-refractivity contribution >= 4 is 11.6 Å². The molecule has 4 rings (SSSR count). The van der Waals surface area contributed by atoms with Crippen LogP contribution < -0.4 is 10.1 Å². The molecule has 1 amide bonds. The van der Waals surface area contributed by atoms with Crippen molar-refractivity contribution in [2.75, 3.05) is 32.1 Å². The summed E-state index contributed by atoms with van der Waals surface area (Å²) >= 11 is 0. The quantitative estimate of drug-likeness (QED) is 0.676. The lowest BCUT2D eigenvalue weighted by Crippen LogP contribution is -2.38. The summed E-state index contributed by atoms with van der Waals surface area (Å²) in [6.07, 6.45) is 13.5. The van der Waals surface area contributed by atoms with Gasteiger partial charge in [-0.15, -0.1) is 0 Å². The number of aromatic nitrogens is 2. The number of methoxy groups -OCH3 is 1. The minimum absolute atomic E-state index is 0.101. The monoisotopic (exact) mass is 422 g/mol. The van der Waals surface area contributed by atoms with E-state index >= 15 is 0 Å². The molecule has 31 heavy (non-hydrogen) atoms. The molecule has 0 radical (unpaired) electrons. The average molecular weight is 423 g/mol. The third-order valence-electron chi connectivity index (χ3n) is 6.58. The maximum atomic E-state index is 12.9. The summed E-state index contributed by atoms with van der Waals surface area (Å²) < 4.78 is 6.94. The molecule has 1 fully saturated rings. The van der Waals surface area contributed by atoms with Crippen LogP contribution >= 0.6 is 0 Å². The Bertz CT molecular complexity index is 895. The van der Waals surface area contributed by atoms with Crippen LogP contribution in [0.2, 0.25) is 0 Å². The normalized spacial score (nSPS) is 20.0. The summed E-state index contributed by atoms with van der Waals surface area (Å²) in [6, 6.07) is 7.39. The van der Waals surface area contributed by atoms with Crippen molar-refractivity contribution in [3.05, 3.63) is 53.9 Å². The Labute approximate surface area is 185 Å². The summed E-state index contributed by atoms with van der Waals surface area (Å²) in [4.78, 5) is 15.5. The van der Waals surface area contributed by atoms with Crippen LogP contribution in [0.3, 0.4) is 0 Å². The van der Waals surface area contributed by atoms with Crippen LogP contribution in [0.25, 0.3) is 0 Å². The van der Waals surface area contributed by atoms with Gasteiger partial charge < -0.3 is 15.0 Å². The number of ether oxygens (including phenoxy) is 1. The molecule has 6 nitrogen and oxygen atoms in total. The molecular formula is C25H34N4O2. The number of amides is 1. The van der Waals surface area contributed by atoms with Gasteiger partial charge >= 0.3 is 0 Å². The molecule has 1 aliphatic heterocycles. The maximum absolute atomic E-state index is 12.9. The largest absolute Gasteiger partial charge is 0.497 e. The van der Waals surface area contributed by atoms with Gasteiger partial charge in [0.25, 0.3) is 5.91 Å². The van der Waals surface area contributed by atoms with Crippen molar-refractivity contribution in [2.24, 2.45) is 18.9 Å². The summed E-state index contributed by atoms with van der Waals surface area (Å²) in [6.45, 7) is 3.55. The number of benzene rings is 1. The lowest BCUT2D eigenvalue weighted by atomic mass is 9.89. The van der Waals surface area contributed by atoms with Gasteiger partial charge in [-0.3, -0.25) is 9.48 Å². The zero-order chi connectivity index (χ0) is 21.6. The number of carbonyl (C=O) groups is 1. The van der Waals surface area contributed by atoms with Gasteiger partial charge in [-0.1, -0.05) is 12.2 Å². The Balaban J connectivity index is 1.32. The van der Waals surface area contributed by atoms with E-state index in [9.17, 15) is 4.79 Å². The van der Waals surface area contributed by atoms with Crippen LogP contribution in [0.1, 0.15) is 48.2 Å². The molecule has 1 atom stereocenters. The first-order valence-corrected chi connectivity index (χ1v) is 11.5. The van der Waals surface area contributed by atoms with Gasteiger partial charge in [-0.25, -0.2) is 0 Å². The van der Waals surface area contributed by atoms with E-state index in [-0.39, 0.29) is 5.91 Å². The Morgan fingerprint density at radius 3 is 2.58 bits per heavy atom. The Morgan fingerprint density at radius 2 is 1.90 bits per heavy atom. The molecule has 6 heteroatoms. The summed E-state index contributed by atoms with van der Waals surface area (Å²) in [5.74, 6) is 2.08. The predicted molar refractivity (Wildman–Crippen MR) is 124 cm³/mol. The molecular weight excluding hydrogens is 388 g/mol. The Kier molecular flexibility index (Phi) is 7.07. The van der Waals surface area contributed by atoms with Crippen LogP contribution in [-0.2, 0) is 13.5 Å². The molecule has 0 spiro atoms. The molecule has 1 saturated heterocycles. The second-order valence-electron chi connectivity index (χ2n) is 8.94. The molecule has 0 bridgehead atoms. The SMILES string of the molecule is COc1ccc(NC(=O)c2cn(C)nc2CC2CCN(C[C@H]3CC=CCC3)CC2)cc1. The standard InChI is InChI=1S/C25H34N4O2/c1-28-18-23(25(30)26-21-8-10-22(31-2)11-9-21)24(27-28)16-19-12-14-29(15-13-19)17-20-6-4-3-5-7-20/h3-4,8-11,18-20H,5-7,12-17H2,1-2H3,(H,26,30)/t20-/m0/s1. The van der Waals surface area contributed by atoms with Gasteiger partial charge in [-0.2, -0.15) is 5.10 Å². The second kappa shape index (κ2) is 10.1. The first-order chi connectivity index (χ1) is 15.1. The van der Waals surface area contributed by atoms with Crippen molar-refractivity contribution in [3.63, 3.8) is 0 Å². The number of piperidine rings is 1. The summed E-state index contributed by atoms with van der Waals surface area (Å²) in [7, 11) is 3.52. The molecule has 1 N–H and O–H groups in total. The highest BCUT2D eigenvalue weighted by molar-refractivity contribution is 6.04. The molecule has 166 valence electrons. The van der Waals surface area contributed by atoms with Gasteiger partial charge in [0.05, 0.1) is 18.4 Å². The van der Waals surface area contributed by atoms with Crippen molar-refractivity contribution in [1.29, 1.82) is 0 Å². The lowest BCUT2D eigenvalue weighted by molar-refractivity contribution is 0.102. The van der Waals surface area contributed by atoms with Crippen LogP contribution in [0.4, 0.5) is 5.69 Å². The number of rotatable bonds is 7. The van der Waals surface area contributed by atoms with Crippen LogP contribution in [0.15, 0.2) is 42.6 Å². The van der Waals surface area contributed by atoms with E-state index in [4.69, 9.17) is 4.74 Å². The van der Waals surface area contributed by atoms with Gasteiger partial charge in [0.1, 0.15) is 5.75 Å². The zero-order valence-corrected chi connectivity index (χ0v) is 18.7. The number of aryl methyl sites for hydroxylation is 1. The van der Waals surface area contributed by atoms with Crippen molar-refractivity contribution in [2.45, 2.75) is 38.5 Å². The van der Waals surface area contributed by atoms with E-state index in [1.807, 2.05) is 37.5 Å². The van der Waals surface area contributed by atoms with Crippen LogP contribution in [0, 0.1) is 11.8 Å². The van der Waals surface area contributed by atoms with E-state index in [0.29, 0.717) is 11.5 Å². The van der Waals surface area contributed by atoms with E-state index in [1.54, 1.807) is 11.8 Å². The number of carbonyl (C=O) groups excluding carboxylic acids is 1. The number of hydrogen-bond donors (Lipinski definition) is 1. The van der Waals surface area contributed by atoms with E-state index in [2.05, 4.69) is 27.5 Å². The van der Waals surface area contributed by atoms with Gasteiger partial charge in [0.15, 0.2) is 0 Å². The van der Waals surface area contributed by atoms with Gasteiger partial charge in [-0.05, 0) is 87.7 Å². The van der Waals surface area contributed by atoms with Crippen molar-refractivity contribution in [1.82, 2.24) is 14.7 Å². The molecule has 0 saturated carbocycles. The fourth-order valence-corrected chi connectivity index (χ4v) is 4.78. The second-order valence-corrected chi connectivity index (χ2v) is 8.94. The van der Waals surface area contributed by atoms with Crippen LogP contribution in [0.5, 0.6) is 5.75 Å². The molecule has 1 aromatic heterocycles. The average Bonchev–Trinajstić information content (AvgIpc) is 3.16. The topological polar surface area (TPSA) is 59.4 Å². The number of anilines is 1. The number of hydrogen-bond acceptors (Lipinski definition) is 4. The highest BCUT2D eigenvalue weighted by Crippen LogP contribution is 2.26. The summed E-state index contributed by atoms with van der Waals surface area (Å²) in [5.41, 5.74) is 2.34. The maximum Gasteiger partial charge on any atom is 0.259 e. The van der Waals surface area contributed by atoms with Crippen LogP contribution in [-0.4, -0.2) is 47.3 Å². The zero-order valence-electron chi connectivity index (χ0n) is 18.7.